The minimum Gasteiger partial charge on any atom is -0.477 e. The Morgan fingerprint density at radius 3 is 2.83 bits per heavy atom. The van der Waals surface area contributed by atoms with Gasteiger partial charge in [-0.05, 0) is 37.3 Å². The fraction of sp³-hybridized carbons (Fsp3) is 0.118. The van der Waals surface area contributed by atoms with Gasteiger partial charge in [-0.1, -0.05) is 6.07 Å². The number of rotatable bonds is 3. The fourth-order valence-corrected chi connectivity index (χ4v) is 2.90. The Bertz CT molecular complexity index is 1140. The van der Waals surface area contributed by atoms with Gasteiger partial charge in [-0.25, -0.2) is 9.78 Å². The largest absolute Gasteiger partial charge is 0.477 e. The van der Waals surface area contributed by atoms with E-state index in [4.69, 9.17) is 4.42 Å². The number of aromatic carboxylic acids is 1. The van der Waals surface area contributed by atoms with Crippen LogP contribution in [0.1, 0.15) is 21.9 Å². The number of aryl methyl sites for hydroxylation is 1. The number of pyridine rings is 1. The van der Waals surface area contributed by atoms with Crippen LogP contribution < -0.4 is 5.56 Å². The van der Waals surface area contributed by atoms with E-state index in [0.29, 0.717) is 17.1 Å². The Morgan fingerprint density at radius 1 is 1.29 bits per heavy atom. The number of hydrogen-bond acceptors (Lipinski definition) is 4. The highest BCUT2D eigenvalue weighted by molar-refractivity contribution is 5.93. The lowest BCUT2D eigenvalue weighted by molar-refractivity contribution is 0.0686. The maximum Gasteiger partial charge on any atom is 0.352 e. The Balaban J connectivity index is 2.09. The summed E-state index contributed by atoms with van der Waals surface area (Å²) in [6.45, 7) is 1.99. The minimum absolute atomic E-state index is 0.000408. The van der Waals surface area contributed by atoms with Crippen molar-refractivity contribution in [2.75, 3.05) is 0 Å². The summed E-state index contributed by atoms with van der Waals surface area (Å²) in [6, 6.07) is 10.2. The average Bonchev–Trinajstić information content (AvgIpc) is 3.17. The van der Waals surface area contributed by atoms with Gasteiger partial charge in [0.1, 0.15) is 22.7 Å². The second-order valence-corrected chi connectivity index (χ2v) is 5.52. The Morgan fingerprint density at radius 2 is 2.12 bits per heavy atom. The van der Waals surface area contributed by atoms with Crippen molar-refractivity contribution < 1.29 is 14.3 Å². The van der Waals surface area contributed by atoms with E-state index in [1.807, 2.05) is 0 Å². The fourth-order valence-electron chi connectivity index (χ4n) is 2.90. The molecule has 4 rings (SSSR count). The Kier molecular flexibility index (Phi) is 3.02. The van der Waals surface area contributed by atoms with Gasteiger partial charge >= 0.3 is 5.97 Å². The first-order valence-electron chi connectivity index (χ1n) is 7.33. The van der Waals surface area contributed by atoms with Crippen LogP contribution in [0.15, 0.2) is 51.9 Å². The van der Waals surface area contributed by atoms with Crippen molar-refractivity contribution in [1.29, 1.82) is 0 Å². The number of furan rings is 1. The predicted molar refractivity (Wildman–Crippen MR) is 86.5 cm³/mol. The Hall–Kier alpha value is -3.35. The van der Waals surface area contributed by atoms with Crippen molar-refractivity contribution in [2.45, 2.75) is 13.5 Å². The van der Waals surface area contributed by atoms with E-state index in [-0.39, 0.29) is 23.2 Å². The van der Waals surface area contributed by atoms with Crippen LogP contribution in [0.4, 0.5) is 0 Å². The van der Waals surface area contributed by atoms with E-state index in [9.17, 15) is 14.7 Å². The third-order valence-corrected chi connectivity index (χ3v) is 4.00. The van der Waals surface area contributed by atoms with Crippen LogP contribution in [0.3, 0.4) is 0 Å². The lowest BCUT2D eigenvalue weighted by Gasteiger charge is -2.07. The maximum atomic E-state index is 12.8. The number of carboxylic acid groups (broad SMARTS) is 1. The number of carboxylic acids is 1. The number of aromatic nitrogens is 3. The highest BCUT2D eigenvalue weighted by atomic mass is 16.4. The zero-order valence-electron chi connectivity index (χ0n) is 12.8. The first-order chi connectivity index (χ1) is 11.6. The van der Waals surface area contributed by atoms with Crippen LogP contribution in [-0.4, -0.2) is 25.0 Å². The van der Waals surface area contributed by atoms with Gasteiger partial charge in [-0.2, -0.15) is 0 Å². The van der Waals surface area contributed by atoms with E-state index in [2.05, 4.69) is 4.98 Å². The molecule has 0 amide bonds. The molecule has 0 spiro atoms. The van der Waals surface area contributed by atoms with Crippen LogP contribution in [0.2, 0.25) is 0 Å². The van der Waals surface area contributed by atoms with Crippen LogP contribution in [-0.2, 0) is 6.54 Å². The van der Waals surface area contributed by atoms with Crippen LogP contribution in [0.25, 0.3) is 16.7 Å². The summed E-state index contributed by atoms with van der Waals surface area (Å²) in [6.07, 6.45) is 1.52. The molecule has 0 aliphatic rings. The molecule has 0 radical (unpaired) electrons. The van der Waals surface area contributed by atoms with Crippen molar-refractivity contribution in [3.8, 4) is 0 Å². The number of nitrogens with zero attached hydrogens (tertiary/aromatic N) is 3. The van der Waals surface area contributed by atoms with E-state index >= 15 is 0 Å². The standard InChI is InChI=1S/C17H13N3O4/c1-10-4-2-6-14-18-15-12(16(21)20(10)14)8-13(17(22)23)19(15)9-11-5-3-7-24-11/h2-8H,9H2,1H3,(H,22,23). The van der Waals surface area contributed by atoms with Crippen molar-refractivity contribution >= 4 is 22.6 Å². The molecule has 1 N–H and O–H groups in total. The van der Waals surface area contributed by atoms with Crippen LogP contribution >= 0.6 is 0 Å². The van der Waals surface area contributed by atoms with E-state index in [1.54, 1.807) is 37.3 Å². The van der Waals surface area contributed by atoms with Gasteiger partial charge in [0.2, 0.25) is 0 Å². The molecule has 7 nitrogen and oxygen atoms in total. The summed E-state index contributed by atoms with van der Waals surface area (Å²) in [7, 11) is 0. The molecule has 120 valence electrons. The van der Waals surface area contributed by atoms with E-state index in [0.717, 1.165) is 5.69 Å². The van der Waals surface area contributed by atoms with Crippen molar-refractivity contribution in [2.24, 2.45) is 0 Å². The molecular formula is C17H13N3O4. The second-order valence-electron chi connectivity index (χ2n) is 5.52. The van der Waals surface area contributed by atoms with Gasteiger partial charge in [-0.15, -0.1) is 0 Å². The zero-order chi connectivity index (χ0) is 16.8. The van der Waals surface area contributed by atoms with Gasteiger partial charge in [0.25, 0.3) is 5.56 Å². The van der Waals surface area contributed by atoms with Crippen LogP contribution in [0, 0.1) is 6.92 Å². The molecule has 0 saturated carbocycles. The van der Waals surface area contributed by atoms with Gasteiger partial charge in [0, 0.05) is 5.69 Å². The van der Waals surface area contributed by atoms with Crippen molar-refractivity contribution in [3.05, 3.63) is 70.2 Å². The summed E-state index contributed by atoms with van der Waals surface area (Å²) in [4.78, 5) is 28.9. The molecule has 0 aliphatic carbocycles. The molecule has 4 heterocycles. The van der Waals surface area contributed by atoms with Gasteiger partial charge in [0.05, 0.1) is 18.2 Å². The molecule has 24 heavy (non-hydrogen) atoms. The molecule has 0 fully saturated rings. The summed E-state index contributed by atoms with van der Waals surface area (Å²) >= 11 is 0. The highest BCUT2D eigenvalue weighted by Crippen LogP contribution is 2.19. The molecule has 0 unspecified atom stereocenters. The average molecular weight is 323 g/mol. The predicted octanol–water partition coefficient (Wildman–Crippen LogP) is 2.30. The molecule has 0 atom stereocenters. The third kappa shape index (κ3) is 2.02. The Labute approximate surface area is 135 Å². The first-order valence-corrected chi connectivity index (χ1v) is 7.33. The molecule has 7 heteroatoms. The maximum absolute atomic E-state index is 12.8. The normalized spacial score (nSPS) is 11.4. The SMILES string of the molecule is Cc1cccc2nc3c(cc(C(=O)O)n3Cc3ccco3)c(=O)n12. The molecule has 4 aromatic heterocycles. The monoisotopic (exact) mass is 323 g/mol. The highest BCUT2D eigenvalue weighted by Gasteiger charge is 2.20. The molecule has 0 aliphatic heterocycles. The van der Waals surface area contributed by atoms with E-state index in [1.165, 1.54) is 21.3 Å². The summed E-state index contributed by atoms with van der Waals surface area (Å²) in [5, 5.41) is 9.76. The molecule has 0 saturated heterocycles. The quantitative estimate of drug-likeness (QED) is 0.625. The molecule has 0 bridgehead atoms. The number of hydrogen-bond donors (Lipinski definition) is 1. The second kappa shape index (κ2) is 5.09. The molecule has 0 aromatic carbocycles. The first kappa shape index (κ1) is 14.3. The summed E-state index contributed by atoms with van der Waals surface area (Å²) in [5.41, 5.74) is 1.26. The number of carbonyl (C=O) groups is 1. The third-order valence-electron chi connectivity index (χ3n) is 4.00. The smallest absolute Gasteiger partial charge is 0.352 e. The van der Waals surface area contributed by atoms with Crippen molar-refractivity contribution in [1.82, 2.24) is 14.0 Å². The minimum atomic E-state index is -1.12. The summed E-state index contributed by atoms with van der Waals surface area (Å²) < 4.78 is 8.27. The lowest BCUT2D eigenvalue weighted by atomic mass is 10.3. The lowest BCUT2D eigenvalue weighted by Crippen LogP contribution is -2.17. The van der Waals surface area contributed by atoms with Crippen LogP contribution in [0.5, 0.6) is 0 Å². The number of fused-ring (bicyclic) bond motifs is 2. The van der Waals surface area contributed by atoms with Gasteiger partial charge in [0.15, 0.2) is 0 Å². The summed E-state index contributed by atoms with van der Waals surface area (Å²) in [5.74, 6) is -0.536. The van der Waals surface area contributed by atoms with Gasteiger partial charge < -0.3 is 14.1 Å². The topological polar surface area (TPSA) is 89.7 Å². The molecule has 4 aromatic rings. The molecular weight excluding hydrogens is 310 g/mol. The van der Waals surface area contributed by atoms with Crippen molar-refractivity contribution in [3.63, 3.8) is 0 Å². The zero-order valence-corrected chi connectivity index (χ0v) is 12.8. The van der Waals surface area contributed by atoms with Gasteiger partial charge in [-0.3, -0.25) is 9.20 Å². The van der Waals surface area contributed by atoms with E-state index < -0.39 is 5.97 Å².